The first-order valence-corrected chi connectivity index (χ1v) is 7.00. The molecule has 0 radical (unpaired) electrons. The highest BCUT2D eigenvalue weighted by molar-refractivity contribution is 5.09. The van der Waals surface area contributed by atoms with Crippen LogP contribution in [0.2, 0.25) is 0 Å². The van der Waals surface area contributed by atoms with Crippen LogP contribution in [-0.2, 0) is 13.0 Å². The van der Waals surface area contributed by atoms with Crippen LogP contribution in [0.5, 0.6) is 0 Å². The molecule has 0 spiro atoms. The molecule has 1 aromatic heterocycles. The van der Waals surface area contributed by atoms with Gasteiger partial charge in [0.15, 0.2) is 0 Å². The molecule has 0 aliphatic carbocycles. The molecular formula is C14H25N3. The maximum Gasteiger partial charge on any atom is 0.126 e. The lowest BCUT2D eigenvalue weighted by molar-refractivity contribution is 0.424. The third-order valence-corrected chi connectivity index (χ3v) is 3.35. The summed E-state index contributed by atoms with van der Waals surface area (Å²) in [6.45, 7) is 9.02. The highest BCUT2D eigenvalue weighted by Crippen LogP contribution is 2.23. The lowest BCUT2D eigenvalue weighted by Crippen LogP contribution is -2.23. The van der Waals surface area contributed by atoms with E-state index in [4.69, 9.17) is 4.98 Å². The molecule has 1 N–H and O–H groups in total. The van der Waals surface area contributed by atoms with Crippen LogP contribution in [-0.4, -0.2) is 16.1 Å². The van der Waals surface area contributed by atoms with Crippen LogP contribution in [0.3, 0.4) is 0 Å². The van der Waals surface area contributed by atoms with Gasteiger partial charge in [-0.1, -0.05) is 27.2 Å². The fraction of sp³-hybridized carbons (Fsp3) is 0.786. The van der Waals surface area contributed by atoms with Gasteiger partial charge in [-0.2, -0.15) is 0 Å². The van der Waals surface area contributed by atoms with E-state index in [1.165, 1.54) is 30.8 Å². The summed E-state index contributed by atoms with van der Waals surface area (Å²) < 4.78 is 2.37. The Morgan fingerprint density at radius 1 is 1.53 bits per heavy atom. The molecule has 0 fully saturated rings. The van der Waals surface area contributed by atoms with Crippen LogP contribution in [0.1, 0.15) is 57.6 Å². The van der Waals surface area contributed by atoms with Crippen LogP contribution in [0.25, 0.3) is 0 Å². The van der Waals surface area contributed by atoms with E-state index in [-0.39, 0.29) is 0 Å². The second-order valence-corrected chi connectivity index (χ2v) is 5.52. The Balaban J connectivity index is 2.20. The average molecular weight is 235 g/mol. The second-order valence-electron chi connectivity index (χ2n) is 5.52. The summed E-state index contributed by atoms with van der Waals surface area (Å²) in [5.41, 5.74) is 1.26. The zero-order valence-electron chi connectivity index (χ0n) is 11.4. The molecule has 1 aromatic rings. The van der Waals surface area contributed by atoms with E-state index >= 15 is 0 Å². The molecule has 96 valence electrons. The number of hydrogen-bond acceptors (Lipinski definition) is 2. The minimum atomic E-state index is 0.447. The first kappa shape index (κ1) is 12.6. The fourth-order valence-corrected chi connectivity index (χ4v) is 2.60. The summed E-state index contributed by atoms with van der Waals surface area (Å²) in [5, 5.41) is 3.64. The van der Waals surface area contributed by atoms with Crippen LogP contribution in [0, 0.1) is 5.92 Å². The average Bonchev–Trinajstić information content (AvgIpc) is 2.58. The molecule has 2 heterocycles. The molecular weight excluding hydrogens is 210 g/mol. The summed E-state index contributed by atoms with van der Waals surface area (Å²) in [5.74, 6) is 1.98. The van der Waals surface area contributed by atoms with E-state index in [2.05, 4.69) is 36.9 Å². The van der Waals surface area contributed by atoms with Gasteiger partial charge in [-0.05, 0) is 31.7 Å². The van der Waals surface area contributed by atoms with Gasteiger partial charge in [-0.3, -0.25) is 0 Å². The quantitative estimate of drug-likeness (QED) is 0.869. The molecule has 1 atom stereocenters. The highest BCUT2D eigenvalue weighted by atomic mass is 15.1. The SMILES string of the molecule is CCCc1cn2c(n1)[C@H](CC(C)C)NCCC2. The lowest BCUT2D eigenvalue weighted by Gasteiger charge is -2.17. The zero-order valence-corrected chi connectivity index (χ0v) is 11.4. The molecule has 0 aromatic carbocycles. The molecule has 0 saturated carbocycles. The first-order chi connectivity index (χ1) is 8.20. The Bertz CT molecular complexity index is 354. The lowest BCUT2D eigenvalue weighted by atomic mass is 10.0. The Kier molecular flexibility index (Phi) is 4.21. The van der Waals surface area contributed by atoms with Crippen molar-refractivity contribution in [2.75, 3.05) is 6.54 Å². The van der Waals surface area contributed by atoms with Crippen molar-refractivity contribution in [1.29, 1.82) is 0 Å². The van der Waals surface area contributed by atoms with Gasteiger partial charge in [0.05, 0.1) is 11.7 Å². The Morgan fingerprint density at radius 2 is 2.35 bits per heavy atom. The summed E-state index contributed by atoms with van der Waals surface area (Å²) in [4.78, 5) is 4.84. The van der Waals surface area contributed by atoms with E-state index in [1.54, 1.807) is 0 Å². The van der Waals surface area contributed by atoms with Gasteiger partial charge in [0.2, 0.25) is 0 Å². The molecule has 0 bridgehead atoms. The number of aromatic nitrogens is 2. The molecule has 0 saturated heterocycles. The van der Waals surface area contributed by atoms with Gasteiger partial charge in [0, 0.05) is 12.7 Å². The molecule has 17 heavy (non-hydrogen) atoms. The molecule has 1 aliphatic rings. The van der Waals surface area contributed by atoms with Crippen LogP contribution < -0.4 is 5.32 Å². The van der Waals surface area contributed by atoms with Crippen molar-refractivity contribution in [2.45, 2.75) is 59.0 Å². The Labute approximate surface area is 105 Å². The molecule has 3 nitrogen and oxygen atoms in total. The summed E-state index contributed by atoms with van der Waals surface area (Å²) in [7, 11) is 0. The van der Waals surface area contributed by atoms with Crippen LogP contribution >= 0.6 is 0 Å². The van der Waals surface area contributed by atoms with Crippen molar-refractivity contribution in [3.05, 3.63) is 17.7 Å². The summed E-state index contributed by atoms with van der Waals surface area (Å²) in [6.07, 6.45) is 6.94. The first-order valence-electron chi connectivity index (χ1n) is 7.00. The van der Waals surface area contributed by atoms with Gasteiger partial charge in [-0.15, -0.1) is 0 Å². The normalized spacial score (nSPS) is 20.4. The van der Waals surface area contributed by atoms with Crippen LogP contribution in [0.4, 0.5) is 0 Å². The van der Waals surface area contributed by atoms with Gasteiger partial charge >= 0.3 is 0 Å². The van der Waals surface area contributed by atoms with Crippen molar-refractivity contribution < 1.29 is 0 Å². The monoisotopic (exact) mass is 235 g/mol. The number of fused-ring (bicyclic) bond motifs is 1. The van der Waals surface area contributed by atoms with Gasteiger partial charge in [0.1, 0.15) is 5.82 Å². The highest BCUT2D eigenvalue weighted by Gasteiger charge is 2.21. The van der Waals surface area contributed by atoms with Gasteiger partial charge in [-0.25, -0.2) is 4.98 Å². The van der Waals surface area contributed by atoms with Crippen LogP contribution in [0.15, 0.2) is 6.20 Å². The molecule has 0 amide bonds. The second kappa shape index (κ2) is 5.67. The van der Waals surface area contributed by atoms with E-state index in [1.807, 2.05) is 0 Å². The van der Waals surface area contributed by atoms with E-state index in [0.29, 0.717) is 12.0 Å². The minimum absolute atomic E-state index is 0.447. The predicted molar refractivity (Wildman–Crippen MR) is 71.0 cm³/mol. The number of aryl methyl sites for hydroxylation is 2. The van der Waals surface area contributed by atoms with Crippen molar-refractivity contribution >= 4 is 0 Å². The topological polar surface area (TPSA) is 29.9 Å². The van der Waals surface area contributed by atoms with Gasteiger partial charge in [0.25, 0.3) is 0 Å². The molecule has 0 unspecified atom stereocenters. The van der Waals surface area contributed by atoms with E-state index < -0.39 is 0 Å². The predicted octanol–water partition coefficient (Wildman–Crippen LogP) is 2.92. The third kappa shape index (κ3) is 3.09. The van der Waals surface area contributed by atoms with Crippen molar-refractivity contribution in [2.24, 2.45) is 5.92 Å². The number of nitrogens with zero attached hydrogens (tertiary/aromatic N) is 2. The van der Waals surface area contributed by atoms with E-state index in [9.17, 15) is 0 Å². The molecule has 3 heteroatoms. The third-order valence-electron chi connectivity index (χ3n) is 3.35. The summed E-state index contributed by atoms with van der Waals surface area (Å²) >= 11 is 0. The van der Waals surface area contributed by atoms with Crippen molar-refractivity contribution in [3.8, 4) is 0 Å². The van der Waals surface area contributed by atoms with Gasteiger partial charge < -0.3 is 9.88 Å². The molecule has 1 aliphatic heterocycles. The number of nitrogens with one attached hydrogen (secondary N) is 1. The maximum absolute atomic E-state index is 4.84. The molecule has 2 rings (SSSR count). The Hall–Kier alpha value is -0.830. The van der Waals surface area contributed by atoms with Crippen molar-refractivity contribution in [3.63, 3.8) is 0 Å². The minimum Gasteiger partial charge on any atom is -0.333 e. The smallest absolute Gasteiger partial charge is 0.126 e. The summed E-state index contributed by atoms with van der Waals surface area (Å²) in [6, 6.07) is 0.447. The largest absolute Gasteiger partial charge is 0.333 e. The number of hydrogen-bond donors (Lipinski definition) is 1. The maximum atomic E-state index is 4.84. The zero-order chi connectivity index (χ0) is 12.3. The van der Waals surface area contributed by atoms with E-state index in [0.717, 1.165) is 19.5 Å². The fourth-order valence-electron chi connectivity index (χ4n) is 2.60. The standard InChI is InChI=1S/C14H25N3/c1-4-6-12-10-17-8-5-7-15-13(9-11(2)3)14(17)16-12/h10-11,13,15H,4-9H2,1-3H3/t13-/m0/s1. The number of imidazole rings is 1. The van der Waals surface area contributed by atoms with Crippen molar-refractivity contribution in [1.82, 2.24) is 14.9 Å². The Morgan fingerprint density at radius 3 is 3.06 bits per heavy atom. The number of rotatable bonds is 4.